The monoisotopic (exact) mass is 165 g/mol. The zero-order valence-corrected chi connectivity index (χ0v) is 7.20. The van der Waals surface area contributed by atoms with Crippen molar-refractivity contribution in [1.82, 2.24) is 0 Å². The molecule has 0 amide bonds. The first kappa shape index (κ1) is 6.90. The maximum absolute atomic E-state index is 2.24. The number of fused-ring (bicyclic) bond motifs is 3. The average molecular weight is 165 g/mol. The molecule has 0 N–H and O–H groups in total. The van der Waals surface area contributed by atoms with Crippen LogP contribution in [0.3, 0.4) is 0 Å². The molecule has 0 saturated carbocycles. The van der Waals surface area contributed by atoms with Gasteiger partial charge in [-0.05, 0) is 28.3 Å². The van der Waals surface area contributed by atoms with Gasteiger partial charge in [0, 0.05) is 6.42 Å². The van der Waals surface area contributed by atoms with Crippen molar-refractivity contribution in [3.63, 3.8) is 0 Å². The molecule has 0 aromatic heterocycles. The summed E-state index contributed by atoms with van der Waals surface area (Å²) in [5.41, 5.74) is 5.39. The molecule has 61 valence electrons. The van der Waals surface area contributed by atoms with Gasteiger partial charge in [-0.2, -0.15) is 0 Å². The van der Waals surface area contributed by atoms with Gasteiger partial charge in [-0.1, -0.05) is 42.5 Å². The Bertz CT molecular complexity index is 445. The zero-order valence-electron chi connectivity index (χ0n) is 7.20. The number of hydrogen-bond acceptors (Lipinski definition) is 0. The van der Waals surface area contributed by atoms with Crippen molar-refractivity contribution in [2.75, 3.05) is 0 Å². The van der Waals surface area contributed by atoms with E-state index in [-0.39, 0.29) is 0 Å². The first-order valence-corrected chi connectivity index (χ1v) is 4.48. The summed E-state index contributed by atoms with van der Waals surface area (Å²) in [6, 6.07) is 8.52. The lowest BCUT2D eigenvalue weighted by Crippen LogP contribution is -1.86. The minimum atomic E-state index is 1.34. The summed E-state index contributed by atoms with van der Waals surface area (Å²) in [7, 11) is 0. The Morgan fingerprint density at radius 2 is 1.92 bits per heavy atom. The molecule has 0 aliphatic heterocycles. The third-order valence-corrected chi connectivity index (χ3v) is 2.52. The van der Waals surface area contributed by atoms with Crippen molar-refractivity contribution in [2.45, 2.75) is 0 Å². The largest absolute Gasteiger partial charge is 0.0761 e. The fourth-order valence-corrected chi connectivity index (χ4v) is 1.90. The molecule has 2 aliphatic rings. The molecule has 0 atom stereocenters. The SMILES string of the molecule is [CH]1C=CC2=Cc3ccccc3C2=C1. The predicted octanol–water partition coefficient (Wildman–Crippen LogP) is 3.24. The van der Waals surface area contributed by atoms with Crippen LogP contribution in [-0.2, 0) is 0 Å². The highest BCUT2D eigenvalue weighted by Crippen LogP contribution is 2.37. The van der Waals surface area contributed by atoms with Crippen molar-refractivity contribution < 1.29 is 0 Å². The summed E-state index contributed by atoms with van der Waals surface area (Å²) in [6.45, 7) is 0. The molecule has 0 spiro atoms. The zero-order chi connectivity index (χ0) is 8.67. The van der Waals surface area contributed by atoms with Gasteiger partial charge in [-0.25, -0.2) is 0 Å². The third-order valence-electron chi connectivity index (χ3n) is 2.52. The van der Waals surface area contributed by atoms with Crippen molar-refractivity contribution in [2.24, 2.45) is 0 Å². The third kappa shape index (κ3) is 0.919. The van der Waals surface area contributed by atoms with Gasteiger partial charge >= 0.3 is 0 Å². The van der Waals surface area contributed by atoms with Crippen LogP contribution >= 0.6 is 0 Å². The Morgan fingerprint density at radius 1 is 1.00 bits per heavy atom. The van der Waals surface area contributed by atoms with E-state index in [9.17, 15) is 0 Å². The quantitative estimate of drug-likeness (QED) is 0.553. The summed E-state index contributed by atoms with van der Waals surface area (Å²) in [6.07, 6.45) is 10.8. The Balaban J connectivity index is 2.26. The summed E-state index contributed by atoms with van der Waals surface area (Å²) in [5, 5.41) is 0. The first-order chi connectivity index (χ1) is 6.45. The van der Waals surface area contributed by atoms with Gasteiger partial charge in [0.25, 0.3) is 0 Å². The Labute approximate surface area is 77.9 Å². The van der Waals surface area contributed by atoms with E-state index in [0.717, 1.165) is 0 Å². The van der Waals surface area contributed by atoms with Gasteiger partial charge in [0.15, 0.2) is 0 Å². The highest BCUT2D eigenvalue weighted by Gasteiger charge is 2.16. The summed E-state index contributed by atoms with van der Waals surface area (Å²) < 4.78 is 0. The number of rotatable bonds is 0. The van der Waals surface area contributed by atoms with E-state index in [4.69, 9.17) is 0 Å². The molecule has 0 heterocycles. The minimum absolute atomic E-state index is 1.34. The molecule has 0 bridgehead atoms. The molecule has 2 aliphatic carbocycles. The van der Waals surface area contributed by atoms with E-state index in [1.807, 2.05) is 0 Å². The second kappa shape index (κ2) is 2.46. The summed E-state index contributed by atoms with van der Waals surface area (Å²) in [5.74, 6) is 0. The van der Waals surface area contributed by atoms with Gasteiger partial charge in [-0.15, -0.1) is 0 Å². The normalized spacial score (nSPS) is 17.5. The number of hydrogen-bond donors (Lipinski definition) is 0. The van der Waals surface area contributed by atoms with E-state index in [2.05, 4.69) is 55.0 Å². The molecule has 13 heavy (non-hydrogen) atoms. The Hall–Kier alpha value is -1.56. The van der Waals surface area contributed by atoms with Crippen LogP contribution in [0, 0.1) is 6.42 Å². The van der Waals surface area contributed by atoms with Gasteiger partial charge in [0.2, 0.25) is 0 Å². The van der Waals surface area contributed by atoms with Crippen molar-refractivity contribution in [3.8, 4) is 0 Å². The number of allylic oxidation sites excluding steroid dienone is 5. The maximum Gasteiger partial charge on any atom is 0.00573 e. The van der Waals surface area contributed by atoms with Gasteiger partial charge < -0.3 is 0 Å². The maximum atomic E-state index is 2.24. The average Bonchev–Trinajstić information content (AvgIpc) is 2.56. The van der Waals surface area contributed by atoms with Crippen LogP contribution < -0.4 is 0 Å². The summed E-state index contributed by atoms with van der Waals surface area (Å²) >= 11 is 0. The van der Waals surface area contributed by atoms with Crippen LogP contribution in [0.2, 0.25) is 0 Å². The standard InChI is InChI=1S/C13H9/c1-3-7-12-10(5-1)9-11-6-2-4-8-13(11)12/h1-9H. The van der Waals surface area contributed by atoms with Gasteiger partial charge in [0.1, 0.15) is 0 Å². The fraction of sp³-hybridized carbons (Fsp3) is 0. The van der Waals surface area contributed by atoms with Crippen LogP contribution in [0.5, 0.6) is 0 Å². The molecule has 0 heteroatoms. The van der Waals surface area contributed by atoms with Crippen LogP contribution in [0.25, 0.3) is 11.6 Å². The minimum Gasteiger partial charge on any atom is -0.0761 e. The lowest BCUT2D eigenvalue weighted by atomic mass is 9.98. The van der Waals surface area contributed by atoms with E-state index >= 15 is 0 Å². The Kier molecular flexibility index (Phi) is 1.31. The lowest BCUT2D eigenvalue weighted by Gasteiger charge is -2.06. The Morgan fingerprint density at radius 3 is 2.92 bits per heavy atom. The molecule has 1 radical (unpaired) electrons. The molecule has 1 aromatic carbocycles. The van der Waals surface area contributed by atoms with Gasteiger partial charge in [-0.3, -0.25) is 0 Å². The van der Waals surface area contributed by atoms with E-state index in [1.165, 1.54) is 22.3 Å². The van der Waals surface area contributed by atoms with Crippen molar-refractivity contribution in [1.29, 1.82) is 0 Å². The highest BCUT2D eigenvalue weighted by molar-refractivity contribution is 5.98. The second-order valence-electron chi connectivity index (χ2n) is 3.32. The molecule has 3 rings (SSSR count). The van der Waals surface area contributed by atoms with Crippen LogP contribution in [0.15, 0.2) is 48.1 Å². The molecule has 0 unspecified atom stereocenters. The molecular weight excluding hydrogens is 156 g/mol. The van der Waals surface area contributed by atoms with Crippen LogP contribution in [-0.4, -0.2) is 0 Å². The van der Waals surface area contributed by atoms with Crippen molar-refractivity contribution >= 4 is 11.6 Å². The topological polar surface area (TPSA) is 0 Å². The van der Waals surface area contributed by atoms with Crippen molar-refractivity contribution in [3.05, 3.63) is 65.6 Å². The summed E-state index contributed by atoms with van der Waals surface area (Å²) in [4.78, 5) is 0. The second-order valence-corrected chi connectivity index (χ2v) is 3.32. The van der Waals surface area contributed by atoms with E-state index in [1.54, 1.807) is 0 Å². The molecule has 1 aromatic rings. The first-order valence-electron chi connectivity index (χ1n) is 4.48. The lowest BCUT2D eigenvalue weighted by molar-refractivity contribution is 1.57. The fourth-order valence-electron chi connectivity index (χ4n) is 1.90. The molecule has 0 saturated heterocycles. The molecular formula is C13H9. The van der Waals surface area contributed by atoms with E-state index < -0.39 is 0 Å². The number of benzene rings is 1. The van der Waals surface area contributed by atoms with Crippen LogP contribution in [0.1, 0.15) is 11.1 Å². The van der Waals surface area contributed by atoms with Gasteiger partial charge in [0.05, 0.1) is 0 Å². The van der Waals surface area contributed by atoms with E-state index in [0.29, 0.717) is 0 Å². The predicted molar refractivity (Wildman–Crippen MR) is 55.8 cm³/mol. The highest BCUT2D eigenvalue weighted by atomic mass is 14.2. The smallest absolute Gasteiger partial charge is 0.00573 e. The molecule has 0 nitrogen and oxygen atoms in total. The molecule has 0 fully saturated rings. The van der Waals surface area contributed by atoms with Crippen LogP contribution in [0.4, 0.5) is 0 Å².